The van der Waals surface area contributed by atoms with Gasteiger partial charge in [0.15, 0.2) is 5.82 Å². The van der Waals surface area contributed by atoms with Crippen LogP contribution < -0.4 is 10.6 Å². The van der Waals surface area contributed by atoms with Gasteiger partial charge in [-0.1, -0.05) is 49.3 Å². The monoisotopic (exact) mass is 386 g/mol. The maximum Gasteiger partial charge on any atom is 0.245 e. The Bertz CT molecular complexity index is 817. The Hall–Kier alpha value is -3.16. The van der Waals surface area contributed by atoms with Crippen molar-refractivity contribution in [3.05, 3.63) is 47.7 Å². The second kappa shape index (κ2) is 9.68. The summed E-state index contributed by atoms with van der Waals surface area (Å²) in [5.41, 5.74) is 0.866. The van der Waals surface area contributed by atoms with Crippen molar-refractivity contribution in [2.75, 3.05) is 18.9 Å². The SMILES string of the molecule is Cc1cc(NC(=O)CN(C)C(=O)C(NC(=O)Cc2ccccc2)C(C)C)no1. The third-order valence-corrected chi connectivity index (χ3v) is 4.11. The fourth-order valence-corrected chi connectivity index (χ4v) is 2.66. The number of likely N-dealkylation sites (N-methyl/N-ethyl adjacent to an activating group) is 1. The Balaban J connectivity index is 1.92. The molecule has 28 heavy (non-hydrogen) atoms. The van der Waals surface area contributed by atoms with E-state index in [0.717, 1.165) is 5.56 Å². The van der Waals surface area contributed by atoms with E-state index in [0.29, 0.717) is 11.6 Å². The molecule has 1 aromatic heterocycles. The predicted molar refractivity (Wildman–Crippen MR) is 104 cm³/mol. The van der Waals surface area contributed by atoms with Crippen LogP contribution >= 0.6 is 0 Å². The number of aromatic nitrogens is 1. The molecule has 2 N–H and O–H groups in total. The first kappa shape index (κ1) is 21.1. The molecule has 8 nitrogen and oxygen atoms in total. The predicted octanol–water partition coefficient (Wildman–Crippen LogP) is 1.76. The minimum Gasteiger partial charge on any atom is -0.360 e. The molecule has 0 spiro atoms. The first-order valence-corrected chi connectivity index (χ1v) is 9.07. The quantitative estimate of drug-likeness (QED) is 0.719. The lowest BCUT2D eigenvalue weighted by molar-refractivity contribution is -0.138. The summed E-state index contributed by atoms with van der Waals surface area (Å²) in [6.07, 6.45) is 0.188. The Morgan fingerprint density at radius 1 is 1.14 bits per heavy atom. The molecule has 0 saturated heterocycles. The minimum absolute atomic E-state index is 0.129. The summed E-state index contributed by atoms with van der Waals surface area (Å²) in [5.74, 6) is -0.240. The molecule has 0 radical (unpaired) electrons. The van der Waals surface area contributed by atoms with Crippen molar-refractivity contribution in [1.82, 2.24) is 15.4 Å². The van der Waals surface area contributed by atoms with Crippen LogP contribution in [0.15, 0.2) is 40.9 Å². The second-order valence-corrected chi connectivity index (χ2v) is 7.02. The lowest BCUT2D eigenvalue weighted by Crippen LogP contribution is -2.51. The van der Waals surface area contributed by atoms with Crippen LogP contribution in [0.5, 0.6) is 0 Å². The molecule has 1 aromatic carbocycles. The number of hydrogen-bond donors (Lipinski definition) is 2. The molecule has 3 amide bonds. The zero-order valence-electron chi connectivity index (χ0n) is 16.6. The normalized spacial score (nSPS) is 11.8. The van der Waals surface area contributed by atoms with E-state index in [9.17, 15) is 14.4 Å². The summed E-state index contributed by atoms with van der Waals surface area (Å²) in [7, 11) is 1.52. The molecule has 2 aromatic rings. The van der Waals surface area contributed by atoms with Crippen LogP contribution in [0.1, 0.15) is 25.2 Å². The topological polar surface area (TPSA) is 105 Å². The maximum atomic E-state index is 12.8. The highest BCUT2D eigenvalue weighted by atomic mass is 16.5. The van der Waals surface area contributed by atoms with Gasteiger partial charge in [-0.2, -0.15) is 0 Å². The van der Waals surface area contributed by atoms with Crippen LogP contribution in [0.2, 0.25) is 0 Å². The number of aryl methyl sites for hydroxylation is 1. The first-order valence-electron chi connectivity index (χ1n) is 9.07. The van der Waals surface area contributed by atoms with Crippen LogP contribution in [-0.2, 0) is 20.8 Å². The van der Waals surface area contributed by atoms with Gasteiger partial charge >= 0.3 is 0 Å². The number of rotatable bonds is 8. The summed E-state index contributed by atoms with van der Waals surface area (Å²) in [6.45, 7) is 5.24. The molecule has 0 aliphatic heterocycles. The summed E-state index contributed by atoms with van der Waals surface area (Å²) in [4.78, 5) is 38.5. The van der Waals surface area contributed by atoms with Crippen LogP contribution in [0, 0.1) is 12.8 Å². The third-order valence-electron chi connectivity index (χ3n) is 4.11. The van der Waals surface area contributed by atoms with Gasteiger partial charge in [-0.3, -0.25) is 14.4 Å². The van der Waals surface area contributed by atoms with Gasteiger partial charge in [0, 0.05) is 13.1 Å². The smallest absolute Gasteiger partial charge is 0.245 e. The standard InChI is InChI=1S/C20H26N4O4/c1-13(2)19(22-17(25)11-15-8-6-5-7-9-15)20(27)24(4)12-18(26)21-16-10-14(3)28-23-16/h5-10,13,19H,11-12H2,1-4H3,(H,22,25)(H,21,23,26). The highest BCUT2D eigenvalue weighted by molar-refractivity contribution is 5.95. The molecule has 150 valence electrons. The number of carbonyl (C=O) groups excluding carboxylic acids is 3. The van der Waals surface area contributed by atoms with Gasteiger partial charge in [-0.25, -0.2) is 0 Å². The third kappa shape index (κ3) is 6.22. The molecule has 2 rings (SSSR count). The van der Waals surface area contributed by atoms with Crippen molar-refractivity contribution >= 4 is 23.5 Å². The number of amides is 3. The fraction of sp³-hybridized carbons (Fsp3) is 0.400. The van der Waals surface area contributed by atoms with Crippen molar-refractivity contribution in [1.29, 1.82) is 0 Å². The van der Waals surface area contributed by atoms with Crippen molar-refractivity contribution in [3.8, 4) is 0 Å². The Morgan fingerprint density at radius 3 is 2.39 bits per heavy atom. The van der Waals surface area contributed by atoms with Crippen LogP contribution in [0.25, 0.3) is 0 Å². The van der Waals surface area contributed by atoms with E-state index < -0.39 is 11.9 Å². The van der Waals surface area contributed by atoms with Gasteiger partial charge in [0.25, 0.3) is 0 Å². The average Bonchev–Trinajstić information content (AvgIpc) is 3.04. The van der Waals surface area contributed by atoms with Gasteiger partial charge in [0.1, 0.15) is 11.8 Å². The molecular weight excluding hydrogens is 360 g/mol. The van der Waals surface area contributed by atoms with Crippen LogP contribution in [-0.4, -0.2) is 47.4 Å². The lowest BCUT2D eigenvalue weighted by Gasteiger charge is -2.26. The van der Waals surface area contributed by atoms with Gasteiger partial charge in [0.2, 0.25) is 17.7 Å². The number of benzene rings is 1. The van der Waals surface area contributed by atoms with Gasteiger partial charge in [0.05, 0.1) is 13.0 Å². The highest BCUT2D eigenvalue weighted by Crippen LogP contribution is 2.09. The maximum absolute atomic E-state index is 12.8. The summed E-state index contributed by atoms with van der Waals surface area (Å²) in [6, 6.07) is 10.2. The number of anilines is 1. The van der Waals surface area contributed by atoms with E-state index in [1.807, 2.05) is 44.2 Å². The Morgan fingerprint density at radius 2 is 1.82 bits per heavy atom. The molecule has 1 heterocycles. The largest absolute Gasteiger partial charge is 0.360 e. The lowest BCUT2D eigenvalue weighted by atomic mass is 10.0. The van der Waals surface area contributed by atoms with E-state index in [1.165, 1.54) is 11.9 Å². The van der Waals surface area contributed by atoms with E-state index >= 15 is 0 Å². The van der Waals surface area contributed by atoms with Gasteiger partial charge < -0.3 is 20.1 Å². The molecule has 0 fully saturated rings. The zero-order valence-corrected chi connectivity index (χ0v) is 16.6. The molecule has 1 atom stereocenters. The van der Waals surface area contributed by atoms with Crippen LogP contribution in [0.3, 0.4) is 0 Å². The molecule has 8 heteroatoms. The summed E-state index contributed by atoms with van der Waals surface area (Å²) in [5, 5.41) is 9.03. The van der Waals surface area contributed by atoms with Crippen molar-refractivity contribution in [2.45, 2.75) is 33.2 Å². The summed E-state index contributed by atoms with van der Waals surface area (Å²) >= 11 is 0. The molecular formula is C20H26N4O4. The van der Waals surface area contributed by atoms with E-state index in [-0.39, 0.29) is 30.7 Å². The van der Waals surface area contributed by atoms with Crippen molar-refractivity contribution in [2.24, 2.45) is 5.92 Å². The second-order valence-electron chi connectivity index (χ2n) is 7.02. The summed E-state index contributed by atoms with van der Waals surface area (Å²) < 4.78 is 4.89. The van der Waals surface area contributed by atoms with Gasteiger partial charge in [-0.15, -0.1) is 0 Å². The number of carbonyl (C=O) groups is 3. The molecule has 0 saturated carbocycles. The average molecular weight is 386 g/mol. The van der Waals surface area contributed by atoms with Gasteiger partial charge in [-0.05, 0) is 18.4 Å². The van der Waals surface area contributed by atoms with Crippen molar-refractivity contribution in [3.63, 3.8) is 0 Å². The zero-order chi connectivity index (χ0) is 20.7. The number of nitrogens with zero attached hydrogens (tertiary/aromatic N) is 2. The Labute approximate surface area is 164 Å². The molecule has 0 aliphatic rings. The number of nitrogens with one attached hydrogen (secondary N) is 2. The Kier molecular flexibility index (Phi) is 7.31. The van der Waals surface area contributed by atoms with E-state index in [4.69, 9.17) is 4.52 Å². The molecule has 1 unspecified atom stereocenters. The first-order chi connectivity index (χ1) is 13.3. The minimum atomic E-state index is -0.719. The molecule has 0 bridgehead atoms. The van der Waals surface area contributed by atoms with Crippen LogP contribution in [0.4, 0.5) is 5.82 Å². The highest BCUT2D eigenvalue weighted by Gasteiger charge is 2.28. The molecule has 0 aliphatic carbocycles. The van der Waals surface area contributed by atoms with E-state index in [1.54, 1.807) is 13.0 Å². The van der Waals surface area contributed by atoms with E-state index in [2.05, 4.69) is 15.8 Å². The fourth-order valence-electron chi connectivity index (χ4n) is 2.66. The van der Waals surface area contributed by atoms with Crippen molar-refractivity contribution < 1.29 is 18.9 Å². The number of hydrogen-bond acceptors (Lipinski definition) is 5.